The number of piperidine rings is 1. The van der Waals surface area contributed by atoms with Crippen molar-refractivity contribution in [2.24, 2.45) is 5.92 Å². The third kappa shape index (κ3) is 5.56. The molecule has 1 atom stereocenters. The normalized spacial score (nSPS) is 15.1. The SMILES string of the molecule is Cc1ccc(C(NC(=O)c2cn(C(C)C)cc(C(=O)N3CCC(C)CC3)c2=O)c2ccncc2)cc1. The van der Waals surface area contributed by atoms with Gasteiger partial charge in [-0.25, -0.2) is 0 Å². The Kier molecular flexibility index (Phi) is 7.67. The first-order valence-electron chi connectivity index (χ1n) is 12.6. The summed E-state index contributed by atoms with van der Waals surface area (Å²) in [5.41, 5.74) is 2.31. The fourth-order valence-corrected chi connectivity index (χ4v) is 4.47. The van der Waals surface area contributed by atoms with Crippen LogP contribution in [0, 0.1) is 12.8 Å². The monoisotopic (exact) mass is 486 g/mol. The average Bonchev–Trinajstić information content (AvgIpc) is 2.88. The summed E-state index contributed by atoms with van der Waals surface area (Å²) in [5, 5.41) is 3.04. The van der Waals surface area contributed by atoms with E-state index in [4.69, 9.17) is 0 Å². The molecule has 1 unspecified atom stereocenters. The predicted octanol–water partition coefficient (Wildman–Crippen LogP) is 4.52. The van der Waals surface area contributed by atoms with E-state index in [2.05, 4.69) is 17.2 Å². The van der Waals surface area contributed by atoms with Crippen LogP contribution in [0.5, 0.6) is 0 Å². The second kappa shape index (κ2) is 10.9. The van der Waals surface area contributed by atoms with Gasteiger partial charge in [0.05, 0.1) is 6.04 Å². The zero-order valence-corrected chi connectivity index (χ0v) is 21.4. The number of pyridine rings is 2. The van der Waals surface area contributed by atoms with Gasteiger partial charge in [-0.15, -0.1) is 0 Å². The maximum atomic E-state index is 13.6. The highest BCUT2D eigenvalue weighted by atomic mass is 16.2. The van der Waals surface area contributed by atoms with Crippen LogP contribution in [0.4, 0.5) is 0 Å². The largest absolute Gasteiger partial charge is 0.350 e. The van der Waals surface area contributed by atoms with Gasteiger partial charge in [0.15, 0.2) is 0 Å². The number of hydrogen-bond acceptors (Lipinski definition) is 4. The lowest BCUT2D eigenvalue weighted by Gasteiger charge is -2.30. The first-order valence-corrected chi connectivity index (χ1v) is 12.6. The lowest BCUT2D eigenvalue weighted by molar-refractivity contribution is 0.0695. The molecule has 2 amide bonds. The van der Waals surface area contributed by atoms with Crippen molar-refractivity contribution >= 4 is 11.8 Å². The molecule has 0 saturated carbocycles. The molecule has 1 aliphatic heterocycles. The quantitative estimate of drug-likeness (QED) is 0.555. The van der Waals surface area contributed by atoms with Gasteiger partial charge in [0.2, 0.25) is 5.43 Å². The minimum atomic E-state index is -0.537. The fourth-order valence-electron chi connectivity index (χ4n) is 4.47. The van der Waals surface area contributed by atoms with E-state index in [-0.39, 0.29) is 23.1 Å². The number of rotatable bonds is 6. The molecule has 0 aliphatic carbocycles. The lowest BCUT2D eigenvalue weighted by atomic mass is 9.97. The van der Waals surface area contributed by atoms with Gasteiger partial charge in [0, 0.05) is 43.9 Å². The van der Waals surface area contributed by atoms with Crippen molar-refractivity contribution in [2.75, 3.05) is 13.1 Å². The first kappa shape index (κ1) is 25.4. The van der Waals surface area contributed by atoms with E-state index in [1.165, 1.54) is 0 Å². The molecule has 7 heteroatoms. The Morgan fingerprint density at radius 2 is 1.53 bits per heavy atom. The second-order valence-electron chi connectivity index (χ2n) is 10.0. The minimum absolute atomic E-state index is 0.0295. The Hall–Kier alpha value is -3.74. The number of hydrogen-bond donors (Lipinski definition) is 1. The number of carbonyl (C=O) groups is 2. The molecular weight excluding hydrogens is 452 g/mol. The summed E-state index contributed by atoms with van der Waals surface area (Å²) in [6, 6.07) is 11.1. The van der Waals surface area contributed by atoms with Crippen LogP contribution in [-0.4, -0.2) is 39.4 Å². The molecule has 1 aliphatic rings. The summed E-state index contributed by atoms with van der Waals surface area (Å²) in [4.78, 5) is 46.3. The van der Waals surface area contributed by atoms with E-state index < -0.39 is 17.4 Å². The maximum Gasteiger partial charge on any atom is 0.259 e. The van der Waals surface area contributed by atoms with E-state index in [0.29, 0.717) is 19.0 Å². The molecule has 0 bridgehead atoms. The lowest BCUT2D eigenvalue weighted by Crippen LogP contribution is -2.42. The molecule has 7 nitrogen and oxygen atoms in total. The standard InChI is InChI=1S/C29H34N4O3/c1-19(2)33-17-24(27(34)25(18-33)29(36)32-15-11-21(4)12-16-32)28(35)31-26(23-9-13-30-14-10-23)22-7-5-20(3)6-8-22/h5-10,13-14,17-19,21,26H,11-12,15-16H2,1-4H3,(H,31,35). The summed E-state index contributed by atoms with van der Waals surface area (Å²) >= 11 is 0. The van der Waals surface area contributed by atoms with Crippen LogP contribution in [0.3, 0.4) is 0 Å². The van der Waals surface area contributed by atoms with Crippen LogP contribution in [0.2, 0.25) is 0 Å². The van der Waals surface area contributed by atoms with Gasteiger partial charge in [-0.05, 0) is 62.8 Å². The van der Waals surface area contributed by atoms with E-state index in [1.54, 1.807) is 34.3 Å². The molecule has 188 valence electrons. The second-order valence-corrected chi connectivity index (χ2v) is 10.0. The Bertz CT molecular complexity index is 1270. The van der Waals surface area contributed by atoms with Crippen LogP contribution >= 0.6 is 0 Å². The van der Waals surface area contributed by atoms with Gasteiger partial charge < -0.3 is 14.8 Å². The van der Waals surface area contributed by atoms with Crippen LogP contribution in [0.25, 0.3) is 0 Å². The fraction of sp³-hybridized carbons (Fsp3) is 0.379. The Morgan fingerprint density at radius 1 is 0.944 bits per heavy atom. The van der Waals surface area contributed by atoms with Gasteiger partial charge in [-0.1, -0.05) is 36.8 Å². The van der Waals surface area contributed by atoms with Crippen molar-refractivity contribution in [3.8, 4) is 0 Å². The molecule has 1 aromatic carbocycles. The van der Waals surface area contributed by atoms with Crippen LogP contribution in [0.15, 0.2) is 66.0 Å². The molecule has 3 aromatic rings. The zero-order valence-electron chi connectivity index (χ0n) is 21.4. The smallest absolute Gasteiger partial charge is 0.259 e. The topological polar surface area (TPSA) is 84.3 Å². The van der Waals surface area contributed by atoms with Crippen molar-refractivity contribution in [1.82, 2.24) is 19.8 Å². The van der Waals surface area contributed by atoms with Crippen molar-refractivity contribution in [3.05, 3.63) is 99.2 Å². The summed E-state index contributed by atoms with van der Waals surface area (Å²) in [5.74, 6) is -0.260. The van der Waals surface area contributed by atoms with Crippen LogP contribution in [-0.2, 0) is 0 Å². The molecule has 4 rings (SSSR count). The zero-order chi connectivity index (χ0) is 25.8. The van der Waals surface area contributed by atoms with E-state index in [9.17, 15) is 14.4 Å². The third-order valence-corrected chi connectivity index (χ3v) is 6.91. The number of aryl methyl sites for hydroxylation is 1. The molecule has 0 spiro atoms. The van der Waals surface area contributed by atoms with Crippen LogP contribution < -0.4 is 10.7 Å². The van der Waals surface area contributed by atoms with Gasteiger partial charge in [0.1, 0.15) is 11.1 Å². The maximum absolute atomic E-state index is 13.6. The summed E-state index contributed by atoms with van der Waals surface area (Å²) in [7, 11) is 0. The average molecular weight is 487 g/mol. The summed E-state index contributed by atoms with van der Waals surface area (Å²) in [6.45, 7) is 9.32. The number of nitrogens with zero attached hydrogens (tertiary/aromatic N) is 3. The van der Waals surface area contributed by atoms with Crippen molar-refractivity contribution < 1.29 is 9.59 Å². The Balaban J connectivity index is 1.71. The third-order valence-electron chi connectivity index (χ3n) is 6.91. The Labute approximate surface area is 212 Å². The highest BCUT2D eigenvalue weighted by Gasteiger charge is 2.27. The molecule has 2 aromatic heterocycles. The minimum Gasteiger partial charge on any atom is -0.350 e. The molecule has 1 N–H and O–H groups in total. The number of aromatic nitrogens is 2. The summed E-state index contributed by atoms with van der Waals surface area (Å²) < 4.78 is 1.77. The molecule has 3 heterocycles. The number of amides is 2. The molecule has 1 saturated heterocycles. The van der Waals surface area contributed by atoms with E-state index in [0.717, 1.165) is 29.5 Å². The molecule has 0 radical (unpaired) electrons. The number of benzene rings is 1. The van der Waals surface area contributed by atoms with Gasteiger partial charge >= 0.3 is 0 Å². The summed E-state index contributed by atoms with van der Waals surface area (Å²) in [6.07, 6.45) is 8.31. The predicted molar refractivity (Wildman–Crippen MR) is 140 cm³/mol. The van der Waals surface area contributed by atoms with E-state index in [1.807, 2.05) is 57.2 Å². The Morgan fingerprint density at radius 3 is 2.14 bits per heavy atom. The van der Waals surface area contributed by atoms with Crippen LogP contribution in [0.1, 0.15) is 83.1 Å². The highest BCUT2D eigenvalue weighted by molar-refractivity contribution is 5.99. The molecule has 36 heavy (non-hydrogen) atoms. The number of likely N-dealkylation sites (tertiary alicyclic amines) is 1. The van der Waals surface area contributed by atoms with E-state index >= 15 is 0 Å². The van der Waals surface area contributed by atoms with Gasteiger partial charge in [-0.3, -0.25) is 19.4 Å². The highest BCUT2D eigenvalue weighted by Crippen LogP contribution is 2.23. The number of nitrogens with one attached hydrogen (secondary N) is 1. The van der Waals surface area contributed by atoms with Crippen molar-refractivity contribution in [1.29, 1.82) is 0 Å². The van der Waals surface area contributed by atoms with Gasteiger partial charge in [0.25, 0.3) is 11.8 Å². The van der Waals surface area contributed by atoms with Crippen molar-refractivity contribution in [3.63, 3.8) is 0 Å². The molecular formula is C29H34N4O3. The molecule has 1 fully saturated rings. The van der Waals surface area contributed by atoms with Gasteiger partial charge in [-0.2, -0.15) is 0 Å². The first-order chi connectivity index (χ1) is 17.2. The number of carbonyl (C=O) groups excluding carboxylic acids is 2. The van der Waals surface area contributed by atoms with Crippen molar-refractivity contribution in [2.45, 2.75) is 52.6 Å².